The molecule has 0 rings (SSSR count). The fourth-order valence-electron chi connectivity index (χ4n) is 0.628. The van der Waals surface area contributed by atoms with Gasteiger partial charge in [-0.1, -0.05) is 19.4 Å². The summed E-state index contributed by atoms with van der Waals surface area (Å²) < 4.78 is 0. The van der Waals surface area contributed by atoms with Crippen molar-refractivity contribution in [2.45, 2.75) is 33.6 Å². The first-order valence-corrected chi connectivity index (χ1v) is 3.45. The zero-order valence-electron chi connectivity index (χ0n) is 6.52. The van der Waals surface area contributed by atoms with Crippen LogP contribution in [0, 0.1) is 0 Å². The van der Waals surface area contributed by atoms with E-state index < -0.39 is 0 Å². The zero-order chi connectivity index (χ0) is 7.11. The number of hydrogen-bond acceptors (Lipinski definition) is 1. The molecule has 0 unspecified atom stereocenters. The van der Waals surface area contributed by atoms with E-state index in [1.54, 1.807) is 0 Å². The highest BCUT2D eigenvalue weighted by atomic mass is 14.7. The van der Waals surface area contributed by atoms with Crippen molar-refractivity contribution < 1.29 is 0 Å². The van der Waals surface area contributed by atoms with Gasteiger partial charge in [0.1, 0.15) is 0 Å². The van der Waals surface area contributed by atoms with E-state index in [0.29, 0.717) is 0 Å². The van der Waals surface area contributed by atoms with Gasteiger partial charge in [0.15, 0.2) is 0 Å². The molecule has 0 aliphatic carbocycles. The summed E-state index contributed by atoms with van der Waals surface area (Å²) in [5.74, 6) is 0. The van der Waals surface area contributed by atoms with E-state index in [9.17, 15) is 0 Å². The Morgan fingerprint density at radius 2 is 2.22 bits per heavy atom. The first-order chi connectivity index (χ1) is 4.31. The lowest BCUT2D eigenvalue weighted by molar-refractivity contribution is 0.987. The van der Waals surface area contributed by atoms with Crippen molar-refractivity contribution in [2.75, 3.05) is 0 Å². The minimum absolute atomic E-state index is 1.12. The second kappa shape index (κ2) is 5.54. The molecular weight excluding hydrogens is 110 g/mol. The first-order valence-electron chi connectivity index (χ1n) is 3.45. The van der Waals surface area contributed by atoms with Gasteiger partial charge in [0.05, 0.1) is 0 Å². The van der Waals surface area contributed by atoms with Gasteiger partial charge in [-0.05, 0) is 20.3 Å². The molecule has 0 amide bonds. The standard InChI is InChI=1S/C8H15N/c1-4-6-8(3)9-7-5-2/h5,7H,4,6H2,1-3H3/b7-5-,9-8?. The number of allylic oxidation sites excluding steroid dienone is 1. The van der Waals surface area contributed by atoms with Crippen molar-refractivity contribution >= 4 is 5.71 Å². The molecule has 1 heteroatoms. The van der Waals surface area contributed by atoms with Crippen LogP contribution in [-0.4, -0.2) is 5.71 Å². The summed E-state index contributed by atoms with van der Waals surface area (Å²) in [6, 6.07) is 0. The second-order valence-electron chi connectivity index (χ2n) is 2.10. The van der Waals surface area contributed by atoms with Crippen LogP contribution in [0.2, 0.25) is 0 Å². The number of hydrogen-bond donors (Lipinski definition) is 0. The highest BCUT2D eigenvalue weighted by Gasteiger charge is 1.83. The van der Waals surface area contributed by atoms with Crippen molar-refractivity contribution in [3.8, 4) is 0 Å². The molecule has 0 fully saturated rings. The van der Waals surface area contributed by atoms with Crippen molar-refractivity contribution in [2.24, 2.45) is 4.99 Å². The van der Waals surface area contributed by atoms with E-state index in [0.717, 1.165) is 6.42 Å². The van der Waals surface area contributed by atoms with Gasteiger partial charge in [0, 0.05) is 11.9 Å². The molecule has 0 heterocycles. The molecule has 0 atom stereocenters. The van der Waals surface area contributed by atoms with E-state index in [-0.39, 0.29) is 0 Å². The molecule has 1 nitrogen and oxygen atoms in total. The van der Waals surface area contributed by atoms with Crippen LogP contribution in [0.4, 0.5) is 0 Å². The quantitative estimate of drug-likeness (QED) is 0.514. The smallest absolute Gasteiger partial charge is 0.0224 e. The molecule has 0 aromatic carbocycles. The molecular formula is C8H15N. The van der Waals surface area contributed by atoms with Crippen LogP contribution < -0.4 is 0 Å². The Balaban J connectivity index is 3.55. The molecule has 0 N–H and O–H groups in total. The van der Waals surface area contributed by atoms with Crippen LogP contribution >= 0.6 is 0 Å². The lowest BCUT2D eigenvalue weighted by Crippen LogP contribution is -1.86. The maximum atomic E-state index is 4.17. The van der Waals surface area contributed by atoms with Gasteiger partial charge in [-0.3, -0.25) is 4.99 Å². The first kappa shape index (κ1) is 8.41. The van der Waals surface area contributed by atoms with Gasteiger partial charge >= 0.3 is 0 Å². The Morgan fingerprint density at radius 3 is 2.67 bits per heavy atom. The monoisotopic (exact) mass is 125 g/mol. The lowest BCUT2D eigenvalue weighted by atomic mass is 10.2. The maximum Gasteiger partial charge on any atom is 0.0224 e. The van der Waals surface area contributed by atoms with Crippen LogP contribution in [0.15, 0.2) is 17.3 Å². The van der Waals surface area contributed by atoms with E-state index in [2.05, 4.69) is 18.8 Å². The fourth-order valence-corrected chi connectivity index (χ4v) is 0.628. The SMILES string of the molecule is C/C=C\N=C(C)CCC. The molecule has 0 spiro atoms. The third-order valence-corrected chi connectivity index (χ3v) is 1.06. The Hall–Kier alpha value is -0.590. The highest BCUT2D eigenvalue weighted by Crippen LogP contribution is 1.91. The second-order valence-corrected chi connectivity index (χ2v) is 2.10. The minimum atomic E-state index is 1.12. The van der Waals surface area contributed by atoms with Crippen molar-refractivity contribution in [1.29, 1.82) is 0 Å². The van der Waals surface area contributed by atoms with Crippen LogP contribution in [-0.2, 0) is 0 Å². The third-order valence-electron chi connectivity index (χ3n) is 1.06. The normalized spacial score (nSPS) is 13.0. The Labute approximate surface area is 57.5 Å². The fraction of sp³-hybridized carbons (Fsp3) is 0.625. The molecule has 0 aliphatic rings. The average Bonchev–Trinajstić information content (AvgIpc) is 1.85. The summed E-state index contributed by atoms with van der Waals surface area (Å²) in [7, 11) is 0. The number of aliphatic imine (C=N–C) groups is 1. The van der Waals surface area contributed by atoms with Gasteiger partial charge in [-0.2, -0.15) is 0 Å². The third kappa shape index (κ3) is 5.28. The number of rotatable bonds is 3. The van der Waals surface area contributed by atoms with Gasteiger partial charge in [0.2, 0.25) is 0 Å². The van der Waals surface area contributed by atoms with E-state index in [1.807, 2.05) is 19.2 Å². The molecule has 0 aromatic heterocycles. The van der Waals surface area contributed by atoms with Crippen molar-refractivity contribution in [3.63, 3.8) is 0 Å². The molecule has 52 valence electrons. The van der Waals surface area contributed by atoms with Gasteiger partial charge in [0.25, 0.3) is 0 Å². The summed E-state index contributed by atoms with van der Waals surface area (Å²) in [5, 5.41) is 0. The van der Waals surface area contributed by atoms with Crippen LogP contribution in [0.5, 0.6) is 0 Å². The van der Waals surface area contributed by atoms with Gasteiger partial charge in [-0.25, -0.2) is 0 Å². The molecule has 0 radical (unpaired) electrons. The highest BCUT2D eigenvalue weighted by molar-refractivity contribution is 5.82. The summed E-state index contributed by atoms with van der Waals surface area (Å²) in [6.07, 6.45) is 6.08. The maximum absolute atomic E-state index is 4.17. The van der Waals surface area contributed by atoms with Gasteiger partial charge in [-0.15, -0.1) is 0 Å². The predicted octanol–water partition coefficient (Wildman–Crippen LogP) is 2.78. The largest absolute Gasteiger partial charge is 0.266 e. The van der Waals surface area contributed by atoms with Crippen molar-refractivity contribution in [3.05, 3.63) is 12.3 Å². The Morgan fingerprint density at radius 1 is 1.56 bits per heavy atom. The molecule has 0 saturated heterocycles. The molecule has 0 aromatic rings. The van der Waals surface area contributed by atoms with E-state index >= 15 is 0 Å². The molecule has 0 saturated carbocycles. The van der Waals surface area contributed by atoms with Crippen LogP contribution in [0.25, 0.3) is 0 Å². The van der Waals surface area contributed by atoms with Crippen LogP contribution in [0.3, 0.4) is 0 Å². The Bertz CT molecular complexity index is 112. The summed E-state index contributed by atoms with van der Waals surface area (Å²) in [5.41, 5.74) is 1.22. The number of nitrogens with zero attached hydrogens (tertiary/aromatic N) is 1. The average molecular weight is 125 g/mol. The summed E-state index contributed by atoms with van der Waals surface area (Å²) in [4.78, 5) is 4.17. The molecule has 9 heavy (non-hydrogen) atoms. The predicted molar refractivity (Wildman–Crippen MR) is 42.8 cm³/mol. The Kier molecular flexibility index (Phi) is 5.18. The zero-order valence-corrected chi connectivity index (χ0v) is 6.52. The molecule has 0 aliphatic heterocycles. The lowest BCUT2D eigenvalue weighted by Gasteiger charge is -1.91. The molecule has 0 bridgehead atoms. The van der Waals surface area contributed by atoms with E-state index in [4.69, 9.17) is 0 Å². The van der Waals surface area contributed by atoms with E-state index in [1.165, 1.54) is 12.1 Å². The summed E-state index contributed by atoms with van der Waals surface area (Å²) in [6.45, 7) is 6.20. The minimum Gasteiger partial charge on any atom is -0.266 e. The van der Waals surface area contributed by atoms with Crippen LogP contribution in [0.1, 0.15) is 33.6 Å². The van der Waals surface area contributed by atoms with Crippen molar-refractivity contribution in [1.82, 2.24) is 0 Å². The topological polar surface area (TPSA) is 12.4 Å². The summed E-state index contributed by atoms with van der Waals surface area (Å²) >= 11 is 0. The van der Waals surface area contributed by atoms with Gasteiger partial charge < -0.3 is 0 Å².